The molecule has 0 aliphatic heterocycles. The van der Waals surface area contributed by atoms with Crippen LogP contribution in [0.5, 0.6) is 0 Å². The lowest BCUT2D eigenvalue weighted by Crippen LogP contribution is -2.07. The maximum absolute atomic E-state index is 5.71. The van der Waals surface area contributed by atoms with Gasteiger partial charge in [-0.3, -0.25) is 0 Å². The number of imidazole rings is 2. The third-order valence-electron chi connectivity index (χ3n) is 2.97. The van der Waals surface area contributed by atoms with Crippen LogP contribution in [-0.4, -0.2) is 29.5 Å². The van der Waals surface area contributed by atoms with Gasteiger partial charge in [-0.05, 0) is 6.42 Å². The molecule has 0 saturated carbocycles. The molecular formula is C12H15N7. The van der Waals surface area contributed by atoms with E-state index in [9.17, 15) is 0 Å². The number of fused-ring (bicyclic) bond motifs is 1. The first kappa shape index (κ1) is 11.6. The predicted molar refractivity (Wildman–Crippen MR) is 71.4 cm³/mol. The number of nitrogens with two attached hydrogens (primary N) is 1. The van der Waals surface area contributed by atoms with Gasteiger partial charge in [-0.1, -0.05) is 6.92 Å². The number of nitrogens with one attached hydrogen (secondary N) is 1. The van der Waals surface area contributed by atoms with Crippen LogP contribution < -0.4 is 5.73 Å². The second-order valence-corrected chi connectivity index (χ2v) is 4.34. The monoisotopic (exact) mass is 257 g/mol. The van der Waals surface area contributed by atoms with E-state index < -0.39 is 0 Å². The SMILES string of the molecule is CCCn1ccnc1Cc1nc(N)nc2nc[nH]c12. The van der Waals surface area contributed by atoms with Crippen LogP contribution in [-0.2, 0) is 13.0 Å². The molecule has 7 heteroatoms. The molecule has 0 radical (unpaired) electrons. The van der Waals surface area contributed by atoms with E-state index >= 15 is 0 Å². The Labute approximate surface area is 109 Å². The lowest BCUT2D eigenvalue weighted by Gasteiger charge is -2.06. The van der Waals surface area contributed by atoms with Gasteiger partial charge < -0.3 is 15.3 Å². The van der Waals surface area contributed by atoms with Crippen molar-refractivity contribution in [1.29, 1.82) is 0 Å². The summed E-state index contributed by atoms with van der Waals surface area (Å²) in [7, 11) is 0. The maximum Gasteiger partial charge on any atom is 0.222 e. The number of nitrogens with zero attached hydrogens (tertiary/aromatic N) is 5. The van der Waals surface area contributed by atoms with Gasteiger partial charge in [0.25, 0.3) is 0 Å². The molecule has 0 fully saturated rings. The Bertz CT molecular complexity index is 697. The van der Waals surface area contributed by atoms with Gasteiger partial charge in [-0.25, -0.2) is 15.0 Å². The minimum atomic E-state index is 0.239. The van der Waals surface area contributed by atoms with E-state index in [2.05, 4.69) is 36.4 Å². The number of hydrogen-bond acceptors (Lipinski definition) is 5. The molecule has 0 aliphatic carbocycles. The molecule has 0 aromatic carbocycles. The van der Waals surface area contributed by atoms with E-state index in [0.717, 1.165) is 30.0 Å². The van der Waals surface area contributed by atoms with Crippen LogP contribution >= 0.6 is 0 Å². The van der Waals surface area contributed by atoms with Crippen LogP contribution in [0.3, 0.4) is 0 Å². The summed E-state index contributed by atoms with van der Waals surface area (Å²) in [6.07, 6.45) is 7.06. The number of rotatable bonds is 4. The summed E-state index contributed by atoms with van der Waals surface area (Å²) in [5.41, 5.74) is 7.94. The second-order valence-electron chi connectivity index (χ2n) is 4.34. The molecule has 19 heavy (non-hydrogen) atoms. The highest BCUT2D eigenvalue weighted by Gasteiger charge is 2.12. The van der Waals surface area contributed by atoms with E-state index in [0.29, 0.717) is 12.1 Å². The first-order chi connectivity index (χ1) is 9.28. The van der Waals surface area contributed by atoms with Gasteiger partial charge in [-0.15, -0.1) is 0 Å². The quantitative estimate of drug-likeness (QED) is 0.730. The van der Waals surface area contributed by atoms with Gasteiger partial charge in [0.05, 0.1) is 18.4 Å². The highest BCUT2D eigenvalue weighted by Crippen LogP contribution is 2.16. The number of anilines is 1. The summed E-state index contributed by atoms with van der Waals surface area (Å²) in [4.78, 5) is 19.9. The van der Waals surface area contributed by atoms with Crippen molar-refractivity contribution in [1.82, 2.24) is 29.5 Å². The van der Waals surface area contributed by atoms with Crippen LogP contribution in [0.2, 0.25) is 0 Å². The van der Waals surface area contributed by atoms with E-state index in [-0.39, 0.29) is 5.95 Å². The molecule has 0 bridgehead atoms. The second kappa shape index (κ2) is 4.68. The highest BCUT2D eigenvalue weighted by atomic mass is 15.1. The van der Waals surface area contributed by atoms with Crippen LogP contribution in [0.4, 0.5) is 5.95 Å². The standard InChI is InChI=1S/C12H15N7/c1-2-4-19-5-3-14-9(19)6-8-10-11(16-7-15-10)18-12(13)17-8/h3,5,7H,2,4,6H2,1H3,(H3,13,15,16,17,18). The minimum Gasteiger partial charge on any atom is -0.368 e. The molecular weight excluding hydrogens is 242 g/mol. The van der Waals surface area contributed by atoms with Crippen LogP contribution in [0.15, 0.2) is 18.7 Å². The fraction of sp³-hybridized carbons (Fsp3) is 0.333. The number of aryl methyl sites for hydroxylation is 1. The summed E-state index contributed by atoms with van der Waals surface area (Å²) >= 11 is 0. The Kier molecular flexibility index (Phi) is 2.86. The van der Waals surface area contributed by atoms with Gasteiger partial charge in [-0.2, -0.15) is 4.98 Å². The van der Waals surface area contributed by atoms with E-state index in [1.165, 1.54) is 0 Å². The first-order valence-corrected chi connectivity index (χ1v) is 6.23. The summed E-state index contributed by atoms with van der Waals surface area (Å²) < 4.78 is 2.13. The Balaban J connectivity index is 2.00. The molecule has 0 saturated heterocycles. The summed E-state index contributed by atoms with van der Waals surface area (Å²) in [5, 5.41) is 0. The van der Waals surface area contributed by atoms with Crippen molar-refractivity contribution >= 4 is 17.1 Å². The lowest BCUT2D eigenvalue weighted by atomic mass is 10.2. The fourth-order valence-corrected chi connectivity index (χ4v) is 2.14. The minimum absolute atomic E-state index is 0.239. The van der Waals surface area contributed by atoms with E-state index in [1.54, 1.807) is 12.5 Å². The smallest absolute Gasteiger partial charge is 0.222 e. The van der Waals surface area contributed by atoms with E-state index in [1.807, 2.05) is 6.20 Å². The van der Waals surface area contributed by atoms with Crippen molar-refractivity contribution in [2.45, 2.75) is 26.3 Å². The Hall–Kier alpha value is -2.44. The maximum atomic E-state index is 5.71. The molecule has 0 spiro atoms. The fourth-order valence-electron chi connectivity index (χ4n) is 2.14. The topological polar surface area (TPSA) is 98.3 Å². The molecule has 7 nitrogen and oxygen atoms in total. The van der Waals surface area contributed by atoms with Gasteiger partial charge in [0, 0.05) is 18.9 Å². The van der Waals surface area contributed by atoms with E-state index in [4.69, 9.17) is 5.73 Å². The molecule has 0 aliphatic rings. The molecule has 3 aromatic rings. The van der Waals surface area contributed by atoms with Crippen molar-refractivity contribution in [3.05, 3.63) is 30.2 Å². The molecule has 0 unspecified atom stereocenters. The Morgan fingerprint density at radius 1 is 1.32 bits per heavy atom. The van der Waals surface area contributed by atoms with Crippen molar-refractivity contribution in [3.63, 3.8) is 0 Å². The third-order valence-corrected chi connectivity index (χ3v) is 2.97. The number of aromatic nitrogens is 6. The number of nitrogen functional groups attached to an aromatic ring is 1. The molecule has 3 aromatic heterocycles. The van der Waals surface area contributed by atoms with Gasteiger partial charge in [0.1, 0.15) is 11.3 Å². The summed E-state index contributed by atoms with van der Waals surface area (Å²) in [6.45, 7) is 3.08. The molecule has 98 valence electrons. The summed E-state index contributed by atoms with van der Waals surface area (Å²) in [5.74, 6) is 1.21. The van der Waals surface area contributed by atoms with Crippen LogP contribution in [0, 0.1) is 0 Å². The largest absolute Gasteiger partial charge is 0.368 e. The van der Waals surface area contributed by atoms with Crippen molar-refractivity contribution in [2.75, 3.05) is 5.73 Å². The van der Waals surface area contributed by atoms with Gasteiger partial charge >= 0.3 is 0 Å². The molecule has 3 N–H and O–H groups in total. The average molecular weight is 257 g/mol. The molecule has 3 heterocycles. The van der Waals surface area contributed by atoms with Crippen molar-refractivity contribution in [2.24, 2.45) is 0 Å². The van der Waals surface area contributed by atoms with Gasteiger partial charge in [0.2, 0.25) is 5.95 Å². The first-order valence-electron chi connectivity index (χ1n) is 6.23. The molecule has 3 rings (SSSR count). The zero-order valence-corrected chi connectivity index (χ0v) is 10.7. The van der Waals surface area contributed by atoms with Crippen molar-refractivity contribution < 1.29 is 0 Å². The van der Waals surface area contributed by atoms with Gasteiger partial charge in [0.15, 0.2) is 5.65 Å². The third kappa shape index (κ3) is 2.14. The zero-order chi connectivity index (χ0) is 13.2. The predicted octanol–water partition coefficient (Wildman–Crippen LogP) is 1.13. The number of hydrogen-bond donors (Lipinski definition) is 2. The number of aromatic amines is 1. The lowest BCUT2D eigenvalue weighted by molar-refractivity contribution is 0.645. The zero-order valence-electron chi connectivity index (χ0n) is 10.7. The summed E-state index contributed by atoms with van der Waals surface area (Å²) in [6, 6.07) is 0. The normalized spacial score (nSPS) is 11.2. The average Bonchev–Trinajstić information content (AvgIpc) is 2.99. The number of H-pyrrole nitrogens is 1. The highest BCUT2D eigenvalue weighted by molar-refractivity contribution is 5.74. The van der Waals surface area contributed by atoms with Crippen LogP contribution in [0.1, 0.15) is 24.9 Å². The molecule has 0 amide bonds. The Morgan fingerprint density at radius 3 is 3.05 bits per heavy atom. The molecule has 0 atom stereocenters. The van der Waals surface area contributed by atoms with Crippen molar-refractivity contribution in [3.8, 4) is 0 Å². The van der Waals surface area contributed by atoms with Crippen LogP contribution in [0.25, 0.3) is 11.2 Å². The Morgan fingerprint density at radius 2 is 2.21 bits per heavy atom.